The Morgan fingerprint density at radius 2 is 2.20 bits per heavy atom. The van der Waals surface area contributed by atoms with Gasteiger partial charge in [0.25, 0.3) is 5.91 Å². The van der Waals surface area contributed by atoms with Crippen LogP contribution in [0.5, 0.6) is 5.75 Å². The number of aryl methyl sites for hydroxylation is 2. The summed E-state index contributed by atoms with van der Waals surface area (Å²) in [4.78, 5) is 16.5. The third-order valence-corrected chi connectivity index (χ3v) is 5.72. The summed E-state index contributed by atoms with van der Waals surface area (Å²) in [5.74, 6) is 1.18. The lowest BCUT2D eigenvalue weighted by atomic mass is 10.0. The van der Waals surface area contributed by atoms with Gasteiger partial charge in [0.15, 0.2) is 11.7 Å². The molecular formula is C18H21N3O2S2. The fourth-order valence-electron chi connectivity index (χ4n) is 2.21. The lowest BCUT2D eigenvalue weighted by Gasteiger charge is -2.14. The van der Waals surface area contributed by atoms with Gasteiger partial charge in [-0.1, -0.05) is 49.1 Å². The van der Waals surface area contributed by atoms with Crippen LogP contribution in [0.1, 0.15) is 36.6 Å². The third-order valence-electron chi connectivity index (χ3n) is 3.42. The molecule has 2 rings (SSSR count). The van der Waals surface area contributed by atoms with Crippen molar-refractivity contribution in [3.63, 3.8) is 0 Å². The molecule has 0 aliphatic heterocycles. The molecule has 1 aromatic carbocycles. The molecule has 0 saturated carbocycles. The summed E-state index contributed by atoms with van der Waals surface area (Å²) in [6.45, 7) is 7.98. The van der Waals surface area contributed by atoms with Crippen molar-refractivity contribution in [2.24, 2.45) is 0 Å². The van der Waals surface area contributed by atoms with Crippen LogP contribution in [0.4, 0.5) is 5.13 Å². The van der Waals surface area contributed by atoms with Crippen LogP contribution in [-0.4, -0.2) is 23.3 Å². The molecule has 2 aromatic rings. The molecule has 1 N–H and O–H groups in total. The molecule has 5 nitrogen and oxygen atoms in total. The molecule has 1 aromatic heterocycles. The Hall–Kier alpha value is -2.04. The SMILES string of the molecule is Cc1ccc(C(C)C)c(OCC(=O)Nc2nc(C)c(SCC#N)s2)c1. The summed E-state index contributed by atoms with van der Waals surface area (Å²) >= 11 is 2.80. The number of carbonyl (C=O) groups is 1. The highest BCUT2D eigenvalue weighted by atomic mass is 32.2. The standard InChI is InChI=1S/C18H21N3O2S2/c1-11(2)14-6-5-12(3)9-15(14)23-10-16(22)21-18-20-13(4)17(25-18)24-8-7-19/h5-6,9,11H,8,10H2,1-4H3,(H,20,21,22). The molecule has 0 saturated heterocycles. The van der Waals surface area contributed by atoms with Crippen molar-refractivity contribution in [1.29, 1.82) is 5.26 Å². The van der Waals surface area contributed by atoms with Crippen molar-refractivity contribution in [3.05, 3.63) is 35.0 Å². The largest absolute Gasteiger partial charge is 0.483 e. The summed E-state index contributed by atoms with van der Waals surface area (Å²) in [5.41, 5.74) is 3.00. The van der Waals surface area contributed by atoms with Gasteiger partial charge < -0.3 is 4.74 Å². The van der Waals surface area contributed by atoms with Gasteiger partial charge in [0.1, 0.15) is 5.75 Å². The summed E-state index contributed by atoms with van der Waals surface area (Å²) in [7, 11) is 0. The average Bonchev–Trinajstić information content (AvgIpc) is 2.90. The molecule has 7 heteroatoms. The Kier molecular flexibility index (Phi) is 6.85. The number of nitriles is 1. The third kappa shape index (κ3) is 5.48. The van der Waals surface area contributed by atoms with Gasteiger partial charge in [-0.25, -0.2) is 4.98 Å². The van der Waals surface area contributed by atoms with Gasteiger partial charge in [0.2, 0.25) is 0 Å². The monoisotopic (exact) mass is 375 g/mol. The number of thioether (sulfide) groups is 1. The van der Waals surface area contributed by atoms with E-state index < -0.39 is 0 Å². The minimum absolute atomic E-state index is 0.0670. The van der Waals surface area contributed by atoms with Crippen LogP contribution < -0.4 is 10.1 Å². The van der Waals surface area contributed by atoms with E-state index in [2.05, 4.69) is 30.2 Å². The van der Waals surface area contributed by atoms with E-state index in [-0.39, 0.29) is 12.5 Å². The fourth-order valence-corrected chi connectivity index (χ4v) is 4.03. The smallest absolute Gasteiger partial charge is 0.264 e. The maximum Gasteiger partial charge on any atom is 0.264 e. The van der Waals surface area contributed by atoms with Crippen LogP contribution in [0.3, 0.4) is 0 Å². The number of aromatic nitrogens is 1. The van der Waals surface area contributed by atoms with E-state index in [1.807, 2.05) is 32.0 Å². The molecule has 0 aliphatic carbocycles. The predicted molar refractivity (Wildman–Crippen MR) is 103 cm³/mol. The van der Waals surface area contributed by atoms with Crippen LogP contribution >= 0.6 is 23.1 Å². The first-order chi connectivity index (χ1) is 11.9. The number of carbonyl (C=O) groups excluding carboxylic acids is 1. The van der Waals surface area contributed by atoms with Gasteiger partial charge >= 0.3 is 0 Å². The van der Waals surface area contributed by atoms with Crippen molar-refractivity contribution in [2.75, 3.05) is 17.7 Å². The zero-order chi connectivity index (χ0) is 18.4. The Labute approximate surface area is 156 Å². The minimum atomic E-state index is -0.248. The Balaban J connectivity index is 1.98. The highest BCUT2D eigenvalue weighted by Crippen LogP contribution is 2.32. The number of ether oxygens (including phenoxy) is 1. The van der Waals surface area contributed by atoms with Crippen molar-refractivity contribution < 1.29 is 9.53 Å². The highest BCUT2D eigenvalue weighted by Gasteiger charge is 2.13. The molecule has 0 fully saturated rings. The molecule has 0 unspecified atom stereocenters. The number of amides is 1. The normalized spacial score (nSPS) is 10.6. The molecule has 0 bridgehead atoms. The molecule has 1 heterocycles. The number of nitrogens with zero attached hydrogens (tertiary/aromatic N) is 2. The number of nitrogens with one attached hydrogen (secondary N) is 1. The first kappa shape index (κ1) is 19.3. The second kappa shape index (κ2) is 8.88. The van der Waals surface area contributed by atoms with Crippen LogP contribution in [0.25, 0.3) is 0 Å². The summed E-state index contributed by atoms with van der Waals surface area (Å²) in [6.07, 6.45) is 0. The van der Waals surface area contributed by atoms with Gasteiger partial charge in [-0.15, -0.1) is 0 Å². The van der Waals surface area contributed by atoms with E-state index in [4.69, 9.17) is 10.00 Å². The van der Waals surface area contributed by atoms with Crippen LogP contribution in [0.15, 0.2) is 22.4 Å². The molecule has 0 atom stereocenters. The molecule has 0 aliphatic rings. The number of anilines is 1. The lowest BCUT2D eigenvalue weighted by Crippen LogP contribution is -2.20. The van der Waals surface area contributed by atoms with E-state index in [0.717, 1.165) is 26.8 Å². The summed E-state index contributed by atoms with van der Waals surface area (Å²) < 4.78 is 6.67. The topological polar surface area (TPSA) is 75.0 Å². The molecule has 132 valence electrons. The van der Waals surface area contributed by atoms with Crippen LogP contribution in [-0.2, 0) is 4.79 Å². The van der Waals surface area contributed by atoms with E-state index in [1.54, 1.807) is 0 Å². The van der Waals surface area contributed by atoms with Gasteiger partial charge in [-0.05, 0) is 37.0 Å². The van der Waals surface area contributed by atoms with Crippen LogP contribution in [0, 0.1) is 25.2 Å². The second-order valence-electron chi connectivity index (χ2n) is 5.87. The van der Waals surface area contributed by atoms with Crippen molar-refractivity contribution in [2.45, 2.75) is 37.8 Å². The minimum Gasteiger partial charge on any atom is -0.483 e. The Morgan fingerprint density at radius 3 is 2.88 bits per heavy atom. The number of thiazole rings is 1. The van der Waals surface area contributed by atoms with E-state index in [0.29, 0.717) is 16.8 Å². The first-order valence-corrected chi connectivity index (χ1v) is 9.71. The van der Waals surface area contributed by atoms with Gasteiger partial charge in [-0.3, -0.25) is 10.1 Å². The zero-order valence-electron chi connectivity index (χ0n) is 14.8. The number of hydrogen-bond acceptors (Lipinski definition) is 6. The van der Waals surface area contributed by atoms with Crippen molar-refractivity contribution in [3.8, 4) is 11.8 Å². The van der Waals surface area contributed by atoms with Crippen LogP contribution in [0.2, 0.25) is 0 Å². The highest BCUT2D eigenvalue weighted by molar-refractivity contribution is 8.01. The maximum atomic E-state index is 12.2. The summed E-state index contributed by atoms with van der Waals surface area (Å²) in [5, 5.41) is 11.9. The quantitative estimate of drug-likeness (QED) is 0.720. The number of benzene rings is 1. The predicted octanol–water partition coefficient (Wildman–Crippen LogP) is 4.52. The van der Waals surface area contributed by atoms with Crippen molar-refractivity contribution >= 4 is 34.1 Å². The van der Waals surface area contributed by atoms with Gasteiger partial charge in [0, 0.05) is 0 Å². The lowest BCUT2D eigenvalue weighted by molar-refractivity contribution is -0.118. The maximum absolute atomic E-state index is 12.2. The first-order valence-electron chi connectivity index (χ1n) is 7.91. The average molecular weight is 376 g/mol. The molecule has 25 heavy (non-hydrogen) atoms. The van der Waals surface area contributed by atoms with Crippen molar-refractivity contribution in [1.82, 2.24) is 4.98 Å². The zero-order valence-corrected chi connectivity index (χ0v) is 16.4. The number of hydrogen-bond donors (Lipinski definition) is 1. The molecule has 0 spiro atoms. The molecule has 1 amide bonds. The fraction of sp³-hybridized carbons (Fsp3) is 0.389. The van der Waals surface area contributed by atoms with E-state index >= 15 is 0 Å². The number of rotatable bonds is 7. The molecular weight excluding hydrogens is 354 g/mol. The van der Waals surface area contributed by atoms with E-state index in [1.165, 1.54) is 23.1 Å². The van der Waals surface area contributed by atoms with Gasteiger partial charge in [-0.2, -0.15) is 5.26 Å². The van der Waals surface area contributed by atoms with Gasteiger partial charge in [0.05, 0.1) is 21.7 Å². The molecule has 0 radical (unpaired) electrons. The summed E-state index contributed by atoms with van der Waals surface area (Å²) in [6, 6.07) is 8.12. The second-order valence-corrected chi connectivity index (χ2v) is 8.11. The Bertz CT molecular complexity index is 794. The Morgan fingerprint density at radius 1 is 1.44 bits per heavy atom. The van der Waals surface area contributed by atoms with E-state index in [9.17, 15) is 4.79 Å².